The average molecular weight is 400 g/mol. The van der Waals surface area contributed by atoms with Crippen LogP contribution in [0.15, 0.2) is 24.3 Å². The number of hydrogen-bond donors (Lipinski definition) is 0. The Hall–Kier alpha value is -2.90. The van der Waals surface area contributed by atoms with E-state index >= 15 is 0 Å². The van der Waals surface area contributed by atoms with E-state index < -0.39 is 35.4 Å². The minimum Gasteiger partial charge on any atom is -0.444 e. The Morgan fingerprint density at radius 1 is 1.03 bits per heavy atom. The highest BCUT2D eigenvalue weighted by Gasteiger charge is 2.49. The van der Waals surface area contributed by atoms with Gasteiger partial charge in [-0.1, -0.05) is 17.2 Å². The van der Waals surface area contributed by atoms with Crippen LogP contribution in [0.3, 0.4) is 0 Å². The van der Waals surface area contributed by atoms with Crippen molar-refractivity contribution in [2.24, 2.45) is 11.8 Å². The van der Waals surface area contributed by atoms with Gasteiger partial charge < -0.3 is 14.5 Å². The summed E-state index contributed by atoms with van der Waals surface area (Å²) in [6, 6.07) is 5.98. The molecule has 0 N–H and O–H groups in total. The van der Waals surface area contributed by atoms with Crippen LogP contribution in [-0.4, -0.2) is 52.0 Å². The van der Waals surface area contributed by atoms with Crippen molar-refractivity contribution in [3.8, 4) is 0 Å². The summed E-state index contributed by atoms with van der Waals surface area (Å²) in [4.78, 5) is 57.3. The molecule has 154 valence electrons. The fourth-order valence-corrected chi connectivity index (χ4v) is 4.39. The molecular weight excluding hydrogens is 376 g/mol. The minimum atomic E-state index is -0.664. The number of hydroxylamine groups is 2. The standard InChI is InChI=1S/C21H24N2O6/c1-21(2,3)28-20(27)22-11-12-8-9-16(22)15(10-12)19(26)29-23-17(24)13-6-4-5-7-14(13)18(23)25/h4-7,12,15-16H,8-11H2,1-3H3. The van der Waals surface area contributed by atoms with Crippen molar-refractivity contribution < 1.29 is 28.8 Å². The molecule has 8 heteroatoms. The molecule has 29 heavy (non-hydrogen) atoms. The molecule has 3 unspecified atom stereocenters. The highest BCUT2D eigenvalue weighted by molar-refractivity contribution is 6.20. The molecule has 0 spiro atoms. The molecule has 1 aromatic carbocycles. The summed E-state index contributed by atoms with van der Waals surface area (Å²) >= 11 is 0. The van der Waals surface area contributed by atoms with Crippen molar-refractivity contribution in [3.05, 3.63) is 35.4 Å². The first-order chi connectivity index (χ1) is 13.7. The summed E-state index contributed by atoms with van der Waals surface area (Å²) in [6.45, 7) is 5.92. The topological polar surface area (TPSA) is 93.2 Å². The number of piperidine rings is 2. The van der Waals surface area contributed by atoms with E-state index in [9.17, 15) is 19.2 Å². The Kier molecular flexibility index (Phi) is 4.59. The number of carbonyl (C=O) groups excluding carboxylic acids is 4. The van der Waals surface area contributed by atoms with Crippen molar-refractivity contribution in [3.63, 3.8) is 0 Å². The number of fused-ring (bicyclic) bond motifs is 4. The van der Waals surface area contributed by atoms with E-state index in [1.807, 2.05) is 0 Å². The minimum absolute atomic E-state index is 0.159. The zero-order chi connectivity index (χ0) is 20.9. The second kappa shape index (κ2) is 6.86. The molecule has 0 radical (unpaired) electrons. The van der Waals surface area contributed by atoms with Gasteiger partial charge in [-0.3, -0.25) is 9.59 Å². The van der Waals surface area contributed by atoms with Gasteiger partial charge in [0.05, 0.1) is 17.0 Å². The van der Waals surface area contributed by atoms with Crippen LogP contribution >= 0.6 is 0 Å². The Morgan fingerprint density at radius 3 is 2.21 bits per heavy atom. The molecule has 8 nitrogen and oxygen atoms in total. The van der Waals surface area contributed by atoms with Gasteiger partial charge in [-0.15, -0.1) is 0 Å². The maximum atomic E-state index is 12.9. The van der Waals surface area contributed by atoms with E-state index in [0.717, 1.165) is 6.42 Å². The third kappa shape index (κ3) is 3.47. The number of ether oxygens (including phenoxy) is 1. The van der Waals surface area contributed by atoms with E-state index in [-0.39, 0.29) is 23.1 Å². The van der Waals surface area contributed by atoms with E-state index in [1.54, 1.807) is 37.8 Å². The maximum absolute atomic E-state index is 12.9. The zero-order valence-corrected chi connectivity index (χ0v) is 16.7. The molecule has 5 rings (SSSR count). The van der Waals surface area contributed by atoms with Crippen LogP contribution in [0.5, 0.6) is 0 Å². The Labute approximate surface area is 168 Å². The van der Waals surface area contributed by atoms with Crippen molar-refractivity contribution >= 4 is 23.9 Å². The average Bonchev–Trinajstić information content (AvgIpc) is 2.92. The SMILES string of the molecule is CC(C)(C)OC(=O)N1CC2CCC1C(C(=O)ON1C(=O)c3ccccc3C1=O)C2. The largest absolute Gasteiger partial charge is 0.444 e. The molecule has 4 aliphatic rings. The first-order valence-electron chi connectivity index (χ1n) is 9.85. The quantitative estimate of drug-likeness (QED) is 0.709. The van der Waals surface area contributed by atoms with Crippen LogP contribution in [0.4, 0.5) is 4.79 Å². The monoisotopic (exact) mass is 400 g/mol. The lowest BCUT2D eigenvalue weighted by Crippen LogP contribution is -2.58. The van der Waals surface area contributed by atoms with E-state index in [2.05, 4.69) is 0 Å². The Bertz CT molecular complexity index is 854. The Morgan fingerprint density at radius 2 is 1.66 bits per heavy atom. The van der Waals surface area contributed by atoms with E-state index in [4.69, 9.17) is 9.57 Å². The molecule has 1 saturated carbocycles. The molecule has 2 saturated heterocycles. The highest BCUT2D eigenvalue weighted by atomic mass is 16.7. The number of hydrogen-bond acceptors (Lipinski definition) is 6. The number of amides is 3. The number of nitrogens with zero attached hydrogens (tertiary/aromatic N) is 2. The van der Waals surface area contributed by atoms with Crippen LogP contribution < -0.4 is 0 Å². The van der Waals surface area contributed by atoms with E-state index in [1.165, 1.54) is 12.1 Å². The van der Waals surface area contributed by atoms with E-state index in [0.29, 0.717) is 24.4 Å². The normalized spacial score (nSPS) is 25.8. The molecule has 3 aliphatic heterocycles. The van der Waals surface area contributed by atoms with Gasteiger partial charge in [-0.2, -0.15) is 0 Å². The summed E-state index contributed by atoms with van der Waals surface area (Å²) < 4.78 is 5.48. The van der Waals surface area contributed by atoms with Crippen LogP contribution in [0, 0.1) is 11.8 Å². The van der Waals surface area contributed by atoms with Gasteiger partial charge in [0, 0.05) is 12.6 Å². The van der Waals surface area contributed by atoms with Gasteiger partial charge in [-0.05, 0) is 58.1 Å². The third-order valence-electron chi connectivity index (χ3n) is 5.65. The fraction of sp³-hybridized carbons (Fsp3) is 0.524. The number of rotatable bonds is 2. The van der Waals surface area contributed by atoms with Gasteiger partial charge in [0.1, 0.15) is 5.60 Å². The first kappa shape index (κ1) is 19.4. The molecule has 1 aliphatic carbocycles. The summed E-state index contributed by atoms with van der Waals surface area (Å²) in [7, 11) is 0. The lowest BCUT2D eigenvalue weighted by atomic mass is 9.73. The molecule has 2 bridgehead atoms. The lowest BCUT2D eigenvalue weighted by Gasteiger charge is -2.48. The van der Waals surface area contributed by atoms with Crippen molar-refractivity contribution in [1.29, 1.82) is 0 Å². The number of benzene rings is 1. The van der Waals surface area contributed by atoms with Gasteiger partial charge in [0.25, 0.3) is 11.8 Å². The maximum Gasteiger partial charge on any atom is 0.410 e. The summed E-state index contributed by atoms with van der Waals surface area (Å²) in [5.41, 5.74) is -0.207. The van der Waals surface area contributed by atoms with Gasteiger partial charge in [0.15, 0.2) is 0 Å². The van der Waals surface area contributed by atoms with Crippen molar-refractivity contribution in [2.75, 3.05) is 6.54 Å². The van der Waals surface area contributed by atoms with Crippen molar-refractivity contribution in [2.45, 2.75) is 51.7 Å². The fourth-order valence-electron chi connectivity index (χ4n) is 4.39. The second-order valence-corrected chi connectivity index (χ2v) is 8.85. The molecule has 3 fully saturated rings. The molecule has 3 heterocycles. The predicted molar refractivity (Wildman–Crippen MR) is 101 cm³/mol. The van der Waals surface area contributed by atoms with Crippen LogP contribution in [0.2, 0.25) is 0 Å². The molecule has 3 atom stereocenters. The third-order valence-corrected chi connectivity index (χ3v) is 5.65. The smallest absolute Gasteiger partial charge is 0.410 e. The van der Waals surface area contributed by atoms with Gasteiger partial charge in [0.2, 0.25) is 0 Å². The second-order valence-electron chi connectivity index (χ2n) is 8.85. The highest BCUT2D eigenvalue weighted by Crippen LogP contribution is 2.40. The molecule has 1 aromatic rings. The number of carbonyl (C=O) groups is 4. The van der Waals surface area contributed by atoms with Gasteiger partial charge >= 0.3 is 12.1 Å². The molecule has 3 amide bonds. The number of imide groups is 1. The first-order valence-corrected chi connectivity index (χ1v) is 9.85. The Balaban J connectivity index is 1.49. The van der Waals surface area contributed by atoms with Gasteiger partial charge in [-0.25, -0.2) is 9.59 Å². The molecule has 0 aromatic heterocycles. The predicted octanol–water partition coefficient (Wildman–Crippen LogP) is 2.78. The lowest BCUT2D eigenvalue weighted by molar-refractivity contribution is -0.180. The summed E-state index contributed by atoms with van der Waals surface area (Å²) in [5, 5.41) is 0.535. The molecular formula is C21H24N2O6. The van der Waals surface area contributed by atoms with Crippen LogP contribution in [-0.2, 0) is 14.4 Å². The zero-order valence-electron chi connectivity index (χ0n) is 16.7. The summed E-state index contributed by atoms with van der Waals surface area (Å²) in [6.07, 6.45) is 1.68. The van der Waals surface area contributed by atoms with Crippen LogP contribution in [0.25, 0.3) is 0 Å². The van der Waals surface area contributed by atoms with Crippen molar-refractivity contribution in [1.82, 2.24) is 9.96 Å². The van der Waals surface area contributed by atoms with Crippen LogP contribution in [0.1, 0.15) is 60.7 Å². The summed E-state index contributed by atoms with van der Waals surface area (Å²) in [5.74, 6) is -2.40.